The Morgan fingerprint density at radius 2 is 1.35 bits per heavy atom. The number of fused-ring (bicyclic) bond motifs is 1. The van der Waals surface area contributed by atoms with E-state index in [1.54, 1.807) is 9.80 Å². The topological polar surface area (TPSA) is 126 Å². The summed E-state index contributed by atoms with van der Waals surface area (Å²) < 4.78 is 11.2. The van der Waals surface area contributed by atoms with Crippen molar-refractivity contribution in [3.8, 4) is 22.4 Å². The molecule has 13 heteroatoms. The summed E-state index contributed by atoms with van der Waals surface area (Å²) in [5.41, 5.74) is 2.82. The summed E-state index contributed by atoms with van der Waals surface area (Å²) in [6, 6.07) is 12.6. The molecule has 4 heterocycles. The highest BCUT2D eigenvalue weighted by atomic mass is 32.1. The average molecular weight is 708 g/mol. The Labute approximate surface area is 302 Å². The molecule has 0 spiro atoms. The minimum Gasteiger partial charge on any atom is -0.444 e. The van der Waals surface area contributed by atoms with Crippen LogP contribution in [0, 0.1) is 0 Å². The average Bonchev–Trinajstić information content (AvgIpc) is 3.79. The summed E-state index contributed by atoms with van der Waals surface area (Å²) in [5.74, 6) is 1.31. The van der Waals surface area contributed by atoms with E-state index in [4.69, 9.17) is 9.47 Å². The fourth-order valence-electron chi connectivity index (χ4n) is 6.22. The van der Waals surface area contributed by atoms with Crippen molar-refractivity contribution in [2.24, 2.45) is 0 Å². The van der Waals surface area contributed by atoms with E-state index in [9.17, 15) is 9.59 Å². The zero-order valence-electron chi connectivity index (χ0n) is 29.2. The van der Waals surface area contributed by atoms with Gasteiger partial charge in [0, 0.05) is 43.2 Å². The molecule has 2 fully saturated rings. The molecule has 0 radical (unpaired) electrons. The Balaban J connectivity index is 0.00000270. The predicted octanol–water partition coefficient (Wildman–Crippen LogP) is 7.80. The number of carbonyl (C=O) groups excluding carboxylic acids is 2. The van der Waals surface area contributed by atoms with E-state index in [1.165, 1.54) is 0 Å². The number of aromatic nitrogens is 4. The number of nitrogens with zero attached hydrogens (tertiary/aromatic N) is 5. The van der Waals surface area contributed by atoms with Crippen LogP contribution in [0.5, 0.6) is 0 Å². The third-order valence-electron chi connectivity index (χ3n) is 8.43. The van der Waals surface area contributed by atoms with Gasteiger partial charge in [-0.2, -0.15) is 27.0 Å². The van der Waals surface area contributed by atoms with Gasteiger partial charge in [-0.3, -0.25) is 4.90 Å². The number of carbonyl (C=O) groups is 2. The van der Waals surface area contributed by atoms with Gasteiger partial charge >= 0.3 is 12.2 Å². The van der Waals surface area contributed by atoms with Crippen molar-refractivity contribution in [2.75, 3.05) is 25.0 Å². The van der Waals surface area contributed by atoms with Gasteiger partial charge in [-0.25, -0.2) is 24.5 Å². The molecule has 2 N–H and O–H groups in total. The number of likely N-dealkylation sites (tertiary alicyclic amines) is 2. The smallest absolute Gasteiger partial charge is 0.410 e. The maximum absolute atomic E-state index is 12.8. The fourth-order valence-corrected chi connectivity index (χ4v) is 6.22. The van der Waals surface area contributed by atoms with E-state index in [1.807, 2.05) is 60.1 Å². The molecule has 0 saturated carbocycles. The number of hydrogen-bond donors (Lipinski definition) is 2. The first kappa shape index (κ1) is 37.8. The number of imidazole rings is 1. The highest BCUT2D eigenvalue weighted by molar-refractivity contribution is 7.59. The first-order valence-electron chi connectivity index (χ1n) is 16.5. The van der Waals surface area contributed by atoms with Crippen LogP contribution in [0.2, 0.25) is 0 Å². The van der Waals surface area contributed by atoms with E-state index < -0.39 is 11.2 Å². The lowest BCUT2D eigenvalue weighted by Crippen LogP contribution is -2.42. The summed E-state index contributed by atoms with van der Waals surface area (Å²) in [6.45, 7) is 13.2. The van der Waals surface area contributed by atoms with E-state index in [-0.39, 0.29) is 51.3 Å². The minimum atomic E-state index is -0.541. The summed E-state index contributed by atoms with van der Waals surface area (Å²) in [5, 5.41) is 5.50. The van der Waals surface area contributed by atoms with Crippen LogP contribution < -0.4 is 5.32 Å². The maximum atomic E-state index is 12.8. The third kappa shape index (κ3) is 9.18. The quantitative estimate of drug-likeness (QED) is 0.208. The molecular formula is C36H49N7O4S2. The van der Waals surface area contributed by atoms with Crippen molar-refractivity contribution >= 4 is 55.9 Å². The highest BCUT2D eigenvalue weighted by Crippen LogP contribution is 2.34. The second-order valence-corrected chi connectivity index (χ2v) is 14.4. The molecule has 264 valence electrons. The fraction of sp³-hybridized carbons (Fsp3) is 0.472. The van der Waals surface area contributed by atoms with Crippen LogP contribution in [-0.2, 0) is 9.47 Å². The number of anilines is 1. The van der Waals surface area contributed by atoms with Gasteiger partial charge in [0.25, 0.3) is 0 Å². The normalized spacial score (nSPS) is 17.8. The van der Waals surface area contributed by atoms with Gasteiger partial charge in [0.1, 0.15) is 17.0 Å². The molecule has 6 rings (SSSR count). The van der Waals surface area contributed by atoms with E-state index >= 15 is 0 Å². The van der Waals surface area contributed by atoms with Gasteiger partial charge in [-0.1, -0.05) is 24.3 Å². The molecular weight excluding hydrogens is 659 g/mol. The Bertz CT molecular complexity index is 1750. The number of hydrogen-bond acceptors (Lipinski definition) is 8. The summed E-state index contributed by atoms with van der Waals surface area (Å²) in [6.07, 6.45) is 8.54. The van der Waals surface area contributed by atoms with Gasteiger partial charge in [0.05, 0.1) is 24.0 Å². The second-order valence-electron chi connectivity index (χ2n) is 14.4. The Kier molecular flexibility index (Phi) is 11.8. The SMILES string of the molecule is CC(C)(C)OC(=O)N1CCC[C@H]1CNc1ncc(-c2ccc3cc(-c4cnc([C@@H]5CCCN5C(=O)OC(C)(C)C)[nH]4)ccc3c2)cn1.S.S. The first-order chi connectivity index (χ1) is 22.3. The number of amides is 2. The van der Waals surface area contributed by atoms with Crippen molar-refractivity contribution in [3.05, 3.63) is 60.8 Å². The van der Waals surface area contributed by atoms with Crippen molar-refractivity contribution in [1.29, 1.82) is 0 Å². The molecule has 2 amide bonds. The van der Waals surface area contributed by atoms with Crippen LogP contribution >= 0.6 is 27.0 Å². The molecule has 2 atom stereocenters. The largest absolute Gasteiger partial charge is 0.444 e. The lowest BCUT2D eigenvalue weighted by molar-refractivity contribution is 0.0213. The maximum Gasteiger partial charge on any atom is 0.410 e. The minimum absolute atomic E-state index is 0. The molecule has 11 nitrogen and oxygen atoms in total. The van der Waals surface area contributed by atoms with Crippen molar-refractivity contribution in [1.82, 2.24) is 29.7 Å². The second kappa shape index (κ2) is 15.3. The first-order valence-corrected chi connectivity index (χ1v) is 16.5. The van der Waals surface area contributed by atoms with E-state index in [0.717, 1.165) is 64.7 Å². The highest BCUT2D eigenvalue weighted by Gasteiger charge is 2.35. The van der Waals surface area contributed by atoms with Crippen LogP contribution in [0.4, 0.5) is 15.5 Å². The van der Waals surface area contributed by atoms with Crippen molar-refractivity contribution < 1.29 is 19.1 Å². The van der Waals surface area contributed by atoms with Crippen LogP contribution in [0.3, 0.4) is 0 Å². The Hall–Kier alpha value is -3.97. The molecule has 4 aromatic rings. The molecule has 2 aromatic carbocycles. The molecule has 0 bridgehead atoms. The van der Waals surface area contributed by atoms with Crippen LogP contribution in [0.25, 0.3) is 33.2 Å². The summed E-state index contributed by atoms with van der Waals surface area (Å²) in [7, 11) is 0. The number of H-pyrrole nitrogens is 1. The van der Waals surface area contributed by atoms with E-state index in [0.29, 0.717) is 25.6 Å². The van der Waals surface area contributed by atoms with Crippen LogP contribution in [0.15, 0.2) is 55.0 Å². The zero-order valence-corrected chi connectivity index (χ0v) is 31.2. The number of ether oxygens (including phenoxy) is 2. The lowest BCUT2D eigenvalue weighted by Gasteiger charge is -2.28. The Morgan fingerprint density at radius 3 is 2.00 bits per heavy atom. The van der Waals surface area contributed by atoms with Crippen molar-refractivity contribution in [3.63, 3.8) is 0 Å². The van der Waals surface area contributed by atoms with Gasteiger partial charge in [0.15, 0.2) is 0 Å². The number of benzene rings is 2. The molecule has 2 saturated heterocycles. The summed E-state index contributed by atoms with van der Waals surface area (Å²) >= 11 is 0. The molecule has 49 heavy (non-hydrogen) atoms. The van der Waals surface area contributed by atoms with Gasteiger partial charge in [0.2, 0.25) is 5.95 Å². The standard InChI is InChI=1S/C36H45N7O4.2H2S/c1-35(2,3)46-33(44)42-15-7-9-28(42)21-40-32-38-19-27(20-39-32)25-12-11-24-18-26(14-13-23(24)17-25)29-22-37-31(41-29)30-10-8-16-43(30)34(45)47-36(4,5)6;;/h11-14,17-20,22,28,30H,7-10,15-16,21H2,1-6H3,(H,37,41)(H,38,39,40);2*1H2/t28-,30-;;/m0../s1. The molecule has 0 aliphatic carbocycles. The van der Waals surface area contributed by atoms with Crippen LogP contribution in [0.1, 0.15) is 79.1 Å². The van der Waals surface area contributed by atoms with Gasteiger partial charge in [-0.15, -0.1) is 0 Å². The third-order valence-corrected chi connectivity index (χ3v) is 8.43. The number of rotatable bonds is 6. The van der Waals surface area contributed by atoms with Gasteiger partial charge < -0.3 is 24.7 Å². The Morgan fingerprint density at radius 1 is 0.776 bits per heavy atom. The molecule has 2 aliphatic rings. The van der Waals surface area contributed by atoms with Gasteiger partial charge in [-0.05, 0) is 95.7 Å². The number of nitrogens with one attached hydrogen (secondary N) is 2. The zero-order chi connectivity index (χ0) is 33.3. The molecule has 2 aliphatic heterocycles. The molecule has 2 aromatic heterocycles. The predicted molar refractivity (Wildman–Crippen MR) is 203 cm³/mol. The van der Waals surface area contributed by atoms with Crippen molar-refractivity contribution in [2.45, 2.75) is 90.5 Å². The monoisotopic (exact) mass is 707 g/mol. The number of aromatic amines is 1. The lowest BCUT2D eigenvalue weighted by atomic mass is 10.0. The van der Waals surface area contributed by atoms with Crippen LogP contribution in [-0.4, -0.2) is 78.8 Å². The van der Waals surface area contributed by atoms with E-state index in [2.05, 4.69) is 61.7 Å². The molecule has 0 unspecified atom stereocenters. The summed E-state index contributed by atoms with van der Waals surface area (Å²) in [4.78, 5) is 46.2.